The topological polar surface area (TPSA) is 88.9 Å². The van der Waals surface area contributed by atoms with Gasteiger partial charge < -0.3 is 9.88 Å². The van der Waals surface area contributed by atoms with Crippen LogP contribution in [0.15, 0.2) is 11.5 Å². The molecule has 3 amide bonds. The number of carbonyl (C=O) groups excluding carboxylic acids is 2. The summed E-state index contributed by atoms with van der Waals surface area (Å²) in [5, 5.41) is 12.8. The Morgan fingerprint density at radius 3 is 2.82 bits per heavy atom. The van der Waals surface area contributed by atoms with E-state index in [0.29, 0.717) is 5.16 Å². The highest BCUT2D eigenvalue weighted by Crippen LogP contribution is 2.18. The number of carbonyl (C=O) groups is 2. The highest BCUT2D eigenvalue weighted by Gasteiger charge is 2.11. The SMILES string of the molecule is CNC(=O)NC(=O)CSc1nncn1C(C)C. The molecule has 0 unspecified atom stereocenters. The van der Waals surface area contributed by atoms with Gasteiger partial charge in [0.1, 0.15) is 6.33 Å². The van der Waals surface area contributed by atoms with Gasteiger partial charge in [-0.2, -0.15) is 0 Å². The molecule has 0 bridgehead atoms. The summed E-state index contributed by atoms with van der Waals surface area (Å²) in [5.74, 6) is -0.244. The van der Waals surface area contributed by atoms with Gasteiger partial charge in [-0.3, -0.25) is 10.1 Å². The van der Waals surface area contributed by atoms with Crippen molar-refractivity contribution in [1.82, 2.24) is 25.4 Å². The number of nitrogens with zero attached hydrogens (tertiary/aromatic N) is 3. The molecule has 0 saturated heterocycles. The van der Waals surface area contributed by atoms with E-state index >= 15 is 0 Å². The van der Waals surface area contributed by atoms with Crippen LogP contribution in [0.3, 0.4) is 0 Å². The molecule has 7 nitrogen and oxygen atoms in total. The molecule has 1 aromatic rings. The van der Waals surface area contributed by atoms with Crippen LogP contribution >= 0.6 is 11.8 Å². The Balaban J connectivity index is 2.47. The van der Waals surface area contributed by atoms with E-state index in [4.69, 9.17) is 0 Å². The second kappa shape index (κ2) is 6.24. The van der Waals surface area contributed by atoms with Crippen LogP contribution in [-0.2, 0) is 4.79 Å². The van der Waals surface area contributed by atoms with Crippen molar-refractivity contribution >= 4 is 23.7 Å². The molecule has 8 heteroatoms. The highest BCUT2D eigenvalue weighted by molar-refractivity contribution is 7.99. The Labute approximate surface area is 103 Å². The van der Waals surface area contributed by atoms with E-state index in [1.165, 1.54) is 18.8 Å². The van der Waals surface area contributed by atoms with Gasteiger partial charge in [0.2, 0.25) is 5.91 Å². The van der Waals surface area contributed by atoms with E-state index in [-0.39, 0.29) is 17.7 Å². The van der Waals surface area contributed by atoms with Crippen molar-refractivity contribution in [1.29, 1.82) is 0 Å². The van der Waals surface area contributed by atoms with Crippen molar-refractivity contribution in [3.8, 4) is 0 Å². The van der Waals surface area contributed by atoms with Crippen LogP contribution in [0.1, 0.15) is 19.9 Å². The minimum atomic E-state index is -0.513. The minimum absolute atomic E-state index is 0.124. The van der Waals surface area contributed by atoms with E-state index in [2.05, 4.69) is 20.8 Å². The summed E-state index contributed by atoms with van der Waals surface area (Å²) in [6.45, 7) is 4.00. The van der Waals surface area contributed by atoms with Crippen LogP contribution in [0.4, 0.5) is 4.79 Å². The number of amides is 3. The molecule has 0 spiro atoms. The molecule has 0 radical (unpaired) electrons. The fourth-order valence-corrected chi connectivity index (χ4v) is 1.89. The van der Waals surface area contributed by atoms with E-state index in [9.17, 15) is 9.59 Å². The van der Waals surface area contributed by atoms with Gasteiger partial charge in [0, 0.05) is 13.1 Å². The predicted molar refractivity (Wildman–Crippen MR) is 63.7 cm³/mol. The van der Waals surface area contributed by atoms with Gasteiger partial charge in [-0.15, -0.1) is 10.2 Å². The van der Waals surface area contributed by atoms with Gasteiger partial charge in [0.05, 0.1) is 5.75 Å². The Morgan fingerprint density at radius 2 is 2.24 bits per heavy atom. The third kappa shape index (κ3) is 4.06. The third-order valence-electron chi connectivity index (χ3n) is 1.91. The first-order chi connectivity index (χ1) is 8.04. The smallest absolute Gasteiger partial charge is 0.321 e. The standard InChI is InChI=1S/C9H15N5O2S/c1-6(2)14-5-11-13-9(14)17-4-7(15)12-8(16)10-3/h5-6H,4H2,1-3H3,(H2,10,12,15,16). The second-order valence-electron chi connectivity index (χ2n) is 3.53. The molecule has 0 aliphatic rings. The minimum Gasteiger partial charge on any atom is -0.341 e. The Hall–Kier alpha value is -1.57. The average molecular weight is 257 g/mol. The van der Waals surface area contributed by atoms with E-state index in [0.717, 1.165) is 0 Å². The van der Waals surface area contributed by atoms with Crippen molar-refractivity contribution in [2.24, 2.45) is 0 Å². The molecule has 0 aliphatic carbocycles. The van der Waals surface area contributed by atoms with Gasteiger partial charge in [-0.05, 0) is 13.8 Å². The first-order valence-corrected chi connectivity index (χ1v) is 6.07. The van der Waals surface area contributed by atoms with Crippen LogP contribution in [0, 0.1) is 0 Å². The van der Waals surface area contributed by atoms with Crippen molar-refractivity contribution in [2.45, 2.75) is 25.0 Å². The van der Waals surface area contributed by atoms with Crippen LogP contribution in [-0.4, -0.2) is 39.5 Å². The number of aromatic nitrogens is 3. The monoisotopic (exact) mass is 257 g/mol. The molecular formula is C9H15N5O2S. The van der Waals surface area contributed by atoms with Crippen molar-refractivity contribution in [3.05, 3.63) is 6.33 Å². The Bertz CT molecular complexity index is 404. The summed E-state index contributed by atoms with van der Waals surface area (Å²) < 4.78 is 1.86. The van der Waals surface area contributed by atoms with E-state index < -0.39 is 6.03 Å². The number of imide groups is 1. The quantitative estimate of drug-likeness (QED) is 0.762. The first kappa shape index (κ1) is 13.5. The first-order valence-electron chi connectivity index (χ1n) is 5.08. The molecule has 94 valence electrons. The molecule has 1 heterocycles. The number of urea groups is 1. The van der Waals surface area contributed by atoms with Crippen molar-refractivity contribution in [2.75, 3.05) is 12.8 Å². The highest BCUT2D eigenvalue weighted by atomic mass is 32.2. The van der Waals surface area contributed by atoms with Crippen LogP contribution in [0.2, 0.25) is 0 Å². The molecule has 0 aliphatic heterocycles. The summed E-state index contributed by atoms with van der Waals surface area (Å²) >= 11 is 1.24. The molecule has 0 aromatic carbocycles. The zero-order chi connectivity index (χ0) is 12.8. The lowest BCUT2D eigenvalue weighted by Gasteiger charge is -2.08. The maximum Gasteiger partial charge on any atom is 0.321 e. The lowest BCUT2D eigenvalue weighted by Crippen LogP contribution is -2.38. The summed E-state index contributed by atoms with van der Waals surface area (Å²) in [4.78, 5) is 22.2. The van der Waals surface area contributed by atoms with Gasteiger partial charge in [0.25, 0.3) is 0 Å². The van der Waals surface area contributed by atoms with Crippen LogP contribution < -0.4 is 10.6 Å². The Kier molecular flexibility index (Phi) is 4.95. The van der Waals surface area contributed by atoms with Crippen LogP contribution in [0.25, 0.3) is 0 Å². The predicted octanol–water partition coefficient (Wildman–Crippen LogP) is 0.407. The summed E-state index contributed by atoms with van der Waals surface area (Å²) in [6.07, 6.45) is 1.61. The van der Waals surface area contributed by atoms with E-state index in [1.54, 1.807) is 6.33 Å². The van der Waals surface area contributed by atoms with E-state index in [1.807, 2.05) is 18.4 Å². The van der Waals surface area contributed by atoms with Gasteiger partial charge in [-0.1, -0.05) is 11.8 Å². The second-order valence-corrected chi connectivity index (χ2v) is 4.47. The lowest BCUT2D eigenvalue weighted by atomic mass is 10.4. The van der Waals surface area contributed by atoms with Crippen LogP contribution in [0.5, 0.6) is 0 Å². The zero-order valence-electron chi connectivity index (χ0n) is 9.93. The molecule has 1 rings (SSSR count). The average Bonchev–Trinajstić information content (AvgIpc) is 2.74. The number of nitrogens with one attached hydrogen (secondary N) is 2. The third-order valence-corrected chi connectivity index (χ3v) is 2.87. The zero-order valence-corrected chi connectivity index (χ0v) is 10.7. The maximum atomic E-state index is 11.3. The molecule has 0 fully saturated rings. The van der Waals surface area contributed by atoms with Gasteiger partial charge >= 0.3 is 6.03 Å². The summed E-state index contributed by atoms with van der Waals surface area (Å²) in [5.41, 5.74) is 0. The number of thioether (sulfide) groups is 1. The molecule has 0 saturated carbocycles. The molecule has 1 aromatic heterocycles. The number of hydrogen-bond donors (Lipinski definition) is 2. The summed E-state index contributed by atoms with van der Waals surface area (Å²) in [7, 11) is 1.45. The lowest BCUT2D eigenvalue weighted by molar-refractivity contribution is -0.117. The normalized spacial score (nSPS) is 10.4. The Morgan fingerprint density at radius 1 is 1.53 bits per heavy atom. The maximum absolute atomic E-state index is 11.3. The fourth-order valence-electron chi connectivity index (χ4n) is 1.04. The van der Waals surface area contributed by atoms with Crippen molar-refractivity contribution in [3.63, 3.8) is 0 Å². The van der Waals surface area contributed by atoms with Gasteiger partial charge in [0.15, 0.2) is 5.16 Å². The number of rotatable bonds is 4. The number of hydrogen-bond acceptors (Lipinski definition) is 5. The summed E-state index contributed by atoms with van der Waals surface area (Å²) in [6, 6.07) is -0.282. The fraction of sp³-hybridized carbons (Fsp3) is 0.556. The molecule has 0 atom stereocenters. The largest absolute Gasteiger partial charge is 0.341 e. The van der Waals surface area contributed by atoms with Crippen molar-refractivity contribution < 1.29 is 9.59 Å². The molecular weight excluding hydrogens is 242 g/mol. The molecule has 17 heavy (non-hydrogen) atoms. The molecule has 2 N–H and O–H groups in total. The van der Waals surface area contributed by atoms with Gasteiger partial charge in [-0.25, -0.2) is 4.79 Å².